The molecular weight excluding hydrogens is 409 g/mol. The molecule has 0 aliphatic carbocycles. The zero-order valence-electron chi connectivity index (χ0n) is 16.5. The first-order valence-corrected chi connectivity index (χ1v) is 10.4. The number of nitrogens with zero attached hydrogens (tertiary/aromatic N) is 5. The van der Waals surface area contributed by atoms with E-state index in [1.54, 1.807) is 18.3 Å². The van der Waals surface area contributed by atoms with Crippen LogP contribution in [0.1, 0.15) is 12.1 Å². The Balaban J connectivity index is 1.58. The fourth-order valence-electron chi connectivity index (χ4n) is 3.98. The maximum absolute atomic E-state index is 14.7. The minimum absolute atomic E-state index is 0.0554. The van der Waals surface area contributed by atoms with E-state index >= 15 is 0 Å². The summed E-state index contributed by atoms with van der Waals surface area (Å²) >= 11 is 5.94. The summed E-state index contributed by atoms with van der Waals surface area (Å²) < 4.78 is 26.3. The summed E-state index contributed by atoms with van der Waals surface area (Å²) in [4.78, 5) is 20.4. The average molecular weight is 430 g/mol. The average Bonchev–Trinajstić information content (AvgIpc) is 3.28. The summed E-state index contributed by atoms with van der Waals surface area (Å²) in [6.45, 7) is 5.21. The van der Waals surface area contributed by atoms with Crippen LogP contribution in [0.25, 0.3) is 22.4 Å². The molecule has 2 aromatic heterocycles. The summed E-state index contributed by atoms with van der Waals surface area (Å²) in [6.07, 6.45) is 2.68. The van der Waals surface area contributed by atoms with Gasteiger partial charge in [-0.15, -0.1) is 0 Å². The van der Waals surface area contributed by atoms with Gasteiger partial charge in [0.25, 0.3) is 0 Å². The summed E-state index contributed by atoms with van der Waals surface area (Å²) in [7, 11) is 0. The topological polar surface area (TPSA) is 73.3 Å². The molecule has 2 aliphatic heterocycles. The number of rotatable bonds is 3. The quantitative estimate of drug-likeness (QED) is 0.631. The van der Waals surface area contributed by atoms with Crippen molar-refractivity contribution in [1.82, 2.24) is 19.9 Å². The number of halogens is 2. The van der Waals surface area contributed by atoms with Crippen molar-refractivity contribution in [3.05, 3.63) is 40.9 Å². The lowest BCUT2D eigenvalue weighted by Gasteiger charge is -2.35. The van der Waals surface area contributed by atoms with Crippen molar-refractivity contribution in [3.63, 3.8) is 0 Å². The van der Waals surface area contributed by atoms with Gasteiger partial charge in [0.05, 0.1) is 25.0 Å². The van der Waals surface area contributed by atoms with E-state index in [1.807, 2.05) is 6.92 Å². The molecule has 5 rings (SSSR count). The van der Waals surface area contributed by atoms with Gasteiger partial charge in [0.2, 0.25) is 5.95 Å². The number of aryl methyl sites for hydroxylation is 1. The molecule has 2 atom stereocenters. The molecule has 0 unspecified atom stereocenters. The molecule has 156 valence electrons. The molecule has 2 saturated heterocycles. The third-order valence-corrected chi connectivity index (χ3v) is 5.80. The lowest BCUT2D eigenvalue weighted by molar-refractivity contribution is -0.00167. The van der Waals surface area contributed by atoms with Crippen molar-refractivity contribution < 1.29 is 13.9 Å². The third-order valence-electron chi connectivity index (χ3n) is 5.57. The zero-order valence-corrected chi connectivity index (χ0v) is 17.3. The first-order chi connectivity index (χ1) is 14.6. The number of anilines is 1. The van der Waals surface area contributed by atoms with E-state index in [-0.39, 0.29) is 6.10 Å². The first kappa shape index (κ1) is 19.5. The molecule has 3 aromatic rings. The van der Waals surface area contributed by atoms with Gasteiger partial charge < -0.3 is 14.4 Å². The Morgan fingerprint density at radius 1 is 1.20 bits per heavy atom. The largest absolute Gasteiger partial charge is 0.381 e. The molecule has 0 bridgehead atoms. The maximum atomic E-state index is 14.7. The number of fused-ring (bicyclic) bond motifs is 1. The summed E-state index contributed by atoms with van der Waals surface area (Å²) in [5.41, 5.74) is 2.36. The highest BCUT2D eigenvalue weighted by molar-refractivity contribution is 6.30. The van der Waals surface area contributed by atoms with Crippen LogP contribution in [-0.4, -0.2) is 59.0 Å². The van der Waals surface area contributed by atoms with Crippen molar-refractivity contribution in [1.29, 1.82) is 0 Å². The molecule has 9 heteroatoms. The van der Waals surface area contributed by atoms with Crippen LogP contribution >= 0.6 is 11.6 Å². The Bertz CT molecular complexity index is 1090. The number of aromatic nitrogens is 4. The van der Waals surface area contributed by atoms with E-state index in [1.165, 1.54) is 6.07 Å². The molecule has 0 spiro atoms. The van der Waals surface area contributed by atoms with Crippen LogP contribution in [0, 0.1) is 18.7 Å². The number of ether oxygens (including phenoxy) is 2. The van der Waals surface area contributed by atoms with Crippen molar-refractivity contribution in [3.8, 4) is 11.3 Å². The molecular formula is C21H21ClFN5O2. The highest BCUT2D eigenvalue weighted by Crippen LogP contribution is 2.31. The van der Waals surface area contributed by atoms with Gasteiger partial charge in [-0.1, -0.05) is 11.6 Å². The zero-order chi connectivity index (χ0) is 20.7. The molecule has 0 radical (unpaired) electrons. The van der Waals surface area contributed by atoms with E-state index in [4.69, 9.17) is 26.1 Å². The molecule has 30 heavy (non-hydrogen) atoms. The van der Waals surface area contributed by atoms with Gasteiger partial charge in [0.15, 0.2) is 5.65 Å². The highest BCUT2D eigenvalue weighted by Gasteiger charge is 2.32. The van der Waals surface area contributed by atoms with Gasteiger partial charge in [-0.3, -0.25) is 0 Å². The summed E-state index contributed by atoms with van der Waals surface area (Å²) in [5, 5.41) is 0.326. The van der Waals surface area contributed by atoms with Crippen LogP contribution in [0.15, 0.2) is 24.4 Å². The van der Waals surface area contributed by atoms with E-state index in [2.05, 4.69) is 19.9 Å². The van der Waals surface area contributed by atoms with Crippen molar-refractivity contribution in [2.75, 3.05) is 37.8 Å². The highest BCUT2D eigenvalue weighted by atomic mass is 35.5. The molecule has 2 fully saturated rings. The Labute approximate surface area is 178 Å². The predicted molar refractivity (Wildman–Crippen MR) is 111 cm³/mol. The number of morpholine rings is 1. The van der Waals surface area contributed by atoms with Crippen LogP contribution in [0.5, 0.6) is 0 Å². The van der Waals surface area contributed by atoms with Crippen molar-refractivity contribution in [2.45, 2.75) is 19.4 Å². The Morgan fingerprint density at radius 3 is 2.90 bits per heavy atom. The predicted octanol–water partition coefficient (Wildman–Crippen LogP) is 3.43. The van der Waals surface area contributed by atoms with Gasteiger partial charge >= 0.3 is 0 Å². The molecule has 2 aliphatic rings. The molecule has 0 N–H and O–H groups in total. The number of hydrogen-bond donors (Lipinski definition) is 0. The van der Waals surface area contributed by atoms with Crippen LogP contribution in [0.2, 0.25) is 5.02 Å². The number of benzene rings is 1. The number of hydrogen-bond acceptors (Lipinski definition) is 7. The van der Waals surface area contributed by atoms with E-state index in [0.717, 1.165) is 18.7 Å². The molecule has 0 amide bonds. The van der Waals surface area contributed by atoms with Gasteiger partial charge in [-0.05, 0) is 31.5 Å². The maximum Gasteiger partial charge on any atom is 0.228 e. The minimum Gasteiger partial charge on any atom is -0.381 e. The van der Waals surface area contributed by atoms with Gasteiger partial charge in [-0.2, -0.15) is 4.98 Å². The van der Waals surface area contributed by atoms with Crippen LogP contribution in [0.3, 0.4) is 0 Å². The first-order valence-electron chi connectivity index (χ1n) is 9.99. The molecule has 1 aromatic carbocycles. The Kier molecular flexibility index (Phi) is 5.22. The van der Waals surface area contributed by atoms with Crippen LogP contribution in [-0.2, 0) is 9.47 Å². The van der Waals surface area contributed by atoms with Crippen LogP contribution in [0.4, 0.5) is 10.3 Å². The van der Waals surface area contributed by atoms with Crippen LogP contribution < -0.4 is 4.90 Å². The van der Waals surface area contributed by atoms with Crippen molar-refractivity contribution in [2.24, 2.45) is 5.92 Å². The summed E-state index contributed by atoms with van der Waals surface area (Å²) in [6, 6.07) is 4.53. The smallest absolute Gasteiger partial charge is 0.228 e. The van der Waals surface area contributed by atoms with E-state index < -0.39 is 5.82 Å². The second kappa shape index (κ2) is 8.02. The monoisotopic (exact) mass is 429 g/mol. The van der Waals surface area contributed by atoms with Crippen molar-refractivity contribution >= 4 is 28.7 Å². The second-order valence-corrected chi connectivity index (χ2v) is 8.10. The van der Waals surface area contributed by atoms with Gasteiger partial charge in [0, 0.05) is 42.4 Å². The lowest BCUT2D eigenvalue weighted by atomic mass is 10.0. The molecule has 0 saturated carbocycles. The Hall–Kier alpha value is -2.42. The lowest BCUT2D eigenvalue weighted by Crippen LogP contribution is -2.46. The second-order valence-electron chi connectivity index (χ2n) is 7.66. The fraction of sp³-hybridized carbons (Fsp3) is 0.429. The van der Waals surface area contributed by atoms with E-state index in [9.17, 15) is 4.39 Å². The standard InChI is InChI=1S/C21H21ClFN5O2/c1-12-9-24-19-18(15-3-2-14(22)8-16(15)23)26-21(27-20(19)25-12)28-5-7-30-17(10-28)13-4-6-29-11-13/h2-3,8-9,13,17H,4-7,10-11H2,1H3/t13-,17+/m1/s1. The summed E-state index contributed by atoms with van der Waals surface area (Å²) in [5.74, 6) is 0.404. The van der Waals surface area contributed by atoms with E-state index in [0.29, 0.717) is 65.6 Å². The SMILES string of the molecule is Cc1cnc2c(-c3ccc(Cl)cc3F)nc(N3CCO[C@H]([C@@H]4CCOC4)C3)nc2n1. The van der Waals surface area contributed by atoms with Gasteiger partial charge in [-0.25, -0.2) is 19.3 Å². The normalized spacial score (nSPS) is 22.0. The molecule has 4 heterocycles. The van der Waals surface area contributed by atoms with Gasteiger partial charge in [0.1, 0.15) is 17.0 Å². The molecule has 7 nitrogen and oxygen atoms in total. The Morgan fingerprint density at radius 2 is 2.10 bits per heavy atom. The third kappa shape index (κ3) is 3.71. The fourth-order valence-corrected chi connectivity index (χ4v) is 4.14. The minimum atomic E-state index is -0.459.